The number of ether oxygens (including phenoxy) is 2. The van der Waals surface area contributed by atoms with Gasteiger partial charge in [-0.25, -0.2) is 9.59 Å². The third kappa shape index (κ3) is 5.26. The third-order valence-corrected chi connectivity index (χ3v) is 2.42. The summed E-state index contributed by atoms with van der Waals surface area (Å²) in [7, 11) is 1.36. The maximum Gasteiger partial charge on any atom is 0.333 e. The molecular formula is C15H16O4. The van der Waals surface area contributed by atoms with Crippen LogP contribution in [0, 0.1) is 11.8 Å². The molecule has 0 atom stereocenters. The summed E-state index contributed by atoms with van der Waals surface area (Å²) >= 11 is 0. The Hall–Kier alpha value is -2.28. The standard InChI is InChI=1S/C15H16O4/c1-3-19-14(16)7-5-4-6-12-8-10-13(11-9-12)15(17)18-2/h5,7-8,10H,3,9,11H2,1-2H3/b7-5-. The number of carbonyl (C=O) groups excluding carboxylic acids is 2. The number of methoxy groups -OCH3 is 1. The summed E-state index contributed by atoms with van der Waals surface area (Å²) in [5, 5.41) is 0. The molecule has 4 heteroatoms. The fraction of sp³-hybridized carbons (Fsp3) is 0.333. The van der Waals surface area contributed by atoms with Crippen molar-refractivity contribution in [1.29, 1.82) is 0 Å². The summed E-state index contributed by atoms with van der Waals surface area (Å²) in [6, 6.07) is 0. The molecule has 0 unspecified atom stereocenters. The normalized spacial score (nSPS) is 14.0. The van der Waals surface area contributed by atoms with Crippen LogP contribution in [-0.2, 0) is 19.1 Å². The van der Waals surface area contributed by atoms with E-state index in [1.165, 1.54) is 19.3 Å². The maximum atomic E-state index is 11.3. The van der Waals surface area contributed by atoms with E-state index in [4.69, 9.17) is 4.74 Å². The van der Waals surface area contributed by atoms with Crippen LogP contribution >= 0.6 is 0 Å². The SMILES string of the molecule is CCOC(=O)/C=C\C#CC1=CC=C(C(=O)OC)CC1. The molecule has 100 valence electrons. The van der Waals surface area contributed by atoms with Crippen LogP contribution in [0.1, 0.15) is 19.8 Å². The summed E-state index contributed by atoms with van der Waals surface area (Å²) in [5.74, 6) is 4.97. The first kappa shape index (κ1) is 14.8. The molecule has 0 saturated carbocycles. The fourth-order valence-electron chi connectivity index (χ4n) is 1.48. The number of rotatable bonds is 3. The van der Waals surface area contributed by atoms with Gasteiger partial charge in [0.2, 0.25) is 0 Å². The van der Waals surface area contributed by atoms with Gasteiger partial charge in [0.25, 0.3) is 0 Å². The second-order valence-electron chi connectivity index (χ2n) is 3.73. The van der Waals surface area contributed by atoms with Crippen LogP contribution in [-0.4, -0.2) is 25.7 Å². The second-order valence-corrected chi connectivity index (χ2v) is 3.73. The van der Waals surface area contributed by atoms with Gasteiger partial charge in [0.15, 0.2) is 0 Å². The van der Waals surface area contributed by atoms with Gasteiger partial charge in [-0.1, -0.05) is 24.0 Å². The quantitative estimate of drug-likeness (QED) is 0.442. The Bertz CT molecular complexity index is 498. The summed E-state index contributed by atoms with van der Waals surface area (Å²) in [6.45, 7) is 2.10. The number of hydrogen-bond acceptors (Lipinski definition) is 4. The number of allylic oxidation sites excluding steroid dienone is 4. The molecule has 1 aliphatic carbocycles. The summed E-state index contributed by atoms with van der Waals surface area (Å²) in [6.07, 6.45) is 7.57. The molecule has 0 heterocycles. The van der Waals surface area contributed by atoms with Gasteiger partial charge < -0.3 is 9.47 Å². The Morgan fingerprint density at radius 2 is 2.16 bits per heavy atom. The average Bonchev–Trinajstić information content (AvgIpc) is 2.44. The highest BCUT2D eigenvalue weighted by Crippen LogP contribution is 2.18. The molecule has 0 aromatic carbocycles. The molecule has 0 aromatic heterocycles. The lowest BCUT2D eigenvalue weighted by molar-refractivity contribution is -0.137. The lowest BCUT2D eigenvalue weighted by Crippen LogP contribution is -2.06. The minimum atomic E-state index is -0.401. The van der Waals surface area contributed by atoms with Crippen molar-refractivity contribution >= 4 is 11.9 Å². The first-order chi connectivity index (χ1) is 9.17. The van der Waals surface area contributed by atoms with E-state index in [0.29, 0.717) is 25.0 Å². The predicted molar refractivity (Wildman–Crippen MR) is 71.0 cm³/mol. The molecular weight excluding hydrogens is 244 g/mol. The Labute approximate surface area is 112 Å². The molecule has 1 aliphatic rings. The van der Waals surface area contributed by atoms with Gasteiger partial charge in [0.05, 0.1) is 13.7 Å². The van der Waals surface area contributed by atoms with Crippen LogP contribution in [0.2, 0.25) is 0 Å². The summed E-state index contributed by atoms with van der Waals surface area (Å²) in [4.78, 5) is 22.2. The fourth-order valence-corrected chi connectivity index (χ4v) is 1.48. The molecule has 0 aliphatic heterocycles. The van der Waals surface area contributed by atoms with Crippen molar-refractivity contribution in [3.63, 3.8) is 0 Å². The average molecular weight is 260 g/mol. The van der Waals surface area contributed by atoms with E-state index in [2.05, 4.69) is 16.6 Å². The van der Waals surface area contributed by atoms with E-state index in [-0.39, 0.29) is 5.97 Å². The first-order valence-electron chi connectivity index (χ1n) is 6.00. The molecule has 0 radical (unpaired) electrons. The lowest BCUT2D eigenvalue weighted by atomic mass is 9.99. The van der Waals surface area contributed by atoms with E-state index < -0.39 is 5.97 Å². The van der Waals surface area contributed by atoms with Gasteiger partial charge in [-0.3, -0.25) is 0 Å². The molecule has 0 fully saturated rings. The van der Waals surface area contributed by atoms with Crippen LogP contribution < -0.4 is 0 Å². The van der Waals surface area contributed by atoms with Gasteiger partial charge in [-0.15, -0.1) is 0 Å². The number of hydrogen-bond donors (Lipinski definition) is 0. The molecule has 0 aromatic rings. The van der Waals surface area contributed by atoms with Crippen LogP contribution in [0.4, 0.5) is 0 Å². The van der Waals surface area contributed by atoms with E-state index >= 15 is 0 Å². The third-order valence-electron chi connectivity index (χ3n) is 2.42. The molecule has 19 heavy (non-hydrogen) atoms. The van der Waals surface area contributed by atoms with Crippen molar-refractivity contribution in [3.05, 3.63) is 35.5 Å². The van der Waals surface area contributed by atoms with Crippen LogP contribution in [0.25, 0.3) is 0 Å². The number of carbonyl (C=O) groups is 2. The van der Waals surface area contributed by atoms with Gasteiger partial charge in [0.1, 0.15) is 0 Å². The first-order valence-corrected chi connectivity index (χ1v) is 6.00. The van der Waals surface area contributed by atoms with Crippen molar-refractivity contribution in [1.82, 2.24) is 0 Å². The number of esters is 2. The van der Waals surface area contributed by atoms with Crippen molar-refractivity contribution in [2.75, 3.05) is 13.7 Å². The summed E-state index contributed by atoms with van der Waals surface area (Å²) < 4.78 is 9.36. The Kier molecular flexibility index (Phi) is 6.17. The van der Waals surface area contributed by atoms with E-state index in [1.54, 1.807) is 19.1 Å². The summed E-state index contributed by atoms with van der Waals surface area (Å²) in [5.41, 5.74) is 1.57. The molecule has 0 bridgehead atoms. The van der Waals surface area contributed by atoms with Crippen molar-refractivity contribution < 1.29 is 19.1 Å². The minimum Gasteiger partial charge on any atom is -0.466 e. The predicted octanol–water partition coefficient (Wildman–Crippen LogP) is 1.93. The van der Waals surface area contributed by atoms with Crippen molar-refractivity contribution in [2.24, 2.45) is 0 Å². The molecule has 0 amide bonds. The minimum absolute atomic E-state index is 0.300. The monoisotopic (exact) mass is 260 g/mol. The van der Waals surface area contributed by atoms with E-state index in [1.807, 2.05) is 0 Å². The van der Waals surface area contributed by atoms with E-state index in [0.717, 1.165) is 5.57 Å². The zero-order valence-electron chi connectivity index (χ0n) is 11.1. The zero-order chi connectivity index (χ0) is 14.1. The molecule has 0 saturated heterocycles. The Morgan fingerprint density at radius 3 is 2.74 bits per heavy atom. The highest BCUT2D eigenvalue weighted by Gasteiger charge is 2.12. The topological polar surface area (TPSA) is 52.6 Å². The van der Waals surface area contributed by atoms with Gasteiger partial charge >= 0.3 is 11.9 Å². The maximum absolute atomic E-state index is 11.3. The molecule has 4 nitrogen and oxygen atoms in total. The lowest BCUT2D eigenvalue weighted by Gasteiger charge is -2.08. The van der Waals surface area contributed by atoms with Gasteiger partial charge in [-0.05, 0) is 25.8 Å². The molecule has 1 rings (SSSR count). The Morgan fingerprint density at radius 1 is 1.37 bits per heavy atom. The van der Waals surface area contributed by atoms with Crippen LogP contribution in [0.3, 0.4) is 0 Å². The van der Waals surface area contributed by atoms with Crippen molar-refractivity contribution in [2.45, 2.75) is 19.8 Å². The van der Waals surface area contributed by atoms with Crippen LogP contribution in [0.15, 0.2) is 35.5 Å². The molecule has 0 spiro atoms. The van der Waals surface area contributed by atoms with E-state index in [9.17, 15) is 9.59 Å². The van der Waals surface area contributed by atoms with Gasteiger partial charge in [0, 0.05) is 17.2 Å². The van der Waals surface area contributed by atoms with Crippen molar-refractivity contribution in [3.8, 4) is 11.8 Å². The molecule has 0 N–H and O–H groups in total. The van der Waals surface area contributed by atoms with Crippen LogP contribution in [0.5, 0.6) is 0 Å². The largest absolute Gasteiger partial charge is 0.466 e. The van der Waals surface area contributed by atoms with Gasteiger partial charge in [-0.2, -0.15) is 0 Å². The second kappa shape index (κ2) is 7.93. The highest BCUT2D eigenvalue weighted by atomic mass is 16.5. The zero-order valence-corrected chi connectivity index (χ0v) is 11.1. The smallest absolute Gasteiger partial charge is 0.333 e. The highest BCUT2D eigenvalue weighted by molar-refractivity contribution is 5.89. The Balaban J connectivity index is 2.56.